The average molecular weight is 225 g/mol. The van der Waals surface area contributed by atoms with E-state index in [1.54, 1.807) is 0 Å². The minimum atomic E-state index is -0.00822. The van der Waals surface area contributed by atoms with Crippen molar-refractivity contribution in [2.45, 2.75) is 70.4 Å². The van der Waals surface area contributed by atoms with Crippen LogP contribution in [0.2, 0.25) is 0 Å². The van der Waals surface area contributed by atoms with E-state index in [2.05, 4.69) is 12.2 Å². The maximum absolute atomic E-state index is 9.47. The molecule has 0 saturated heterocycles. The Hall–Kier alpha value is -0.0800. The molecule has 2 aliphatic carbocycles. The molecule has 0 radical (unpaired) electrons. The van der Waals surface area contributed by atoms with Gasteiger partial charge in [-0.3, -0.25) is 0 Å². The van der Waals surface area contributed by atoms with Crippen LogP contribution in [0.3, 0.4) is 0 Å². The third-order valence-corrected chi connectivity index (χ3v) is 4.67. The number of hydrogen-bond acceptors (Lipinski definition) is 2. The quantitative estimate of drug-likeness (QED) is 0.771. The molecule has 2 nitrogen and oxygen atoms in total. The van der Waals surface area contributed by atoms with Gasteiger partial charge in [-0.15, -0.1) is 0 Å². The lowest BCUT2D eigenvalue weighted by Crippen LogP contribution is -2.37. The molecule has 94 valence electrons. The van der Waals surface area contributed by atoms with Crippen molar-refractivity contribution in [2.75, 3.05) is 6.54 Å². The Balaban J connectivity index is 1.67. The molecule has 0 amide bonds. The summed E-state index contributed by atoms with van der Waals surface area (Å²) in [5.41, 5.74) is 0. The zero-order valence-electron chi connectivity index (χ0n) is 10.6. The third kappa shape index (κ3) is 3.21. The fourth-order valence-corrected chi connectivity index (χ4v) is 3.46. The molecule has 2 N–H and O–H groups in total. The summed E-state index contributed by atoms with van der Waals surface area (Å²) in [6.07, 6.45) is 10.0. The molecule has 0 aromatic rings. The summed E-state index contributed by atoms with van der Waals surface area (Å²) < 4.78 is 0. The van der Waals surface area contributed by atoms with Gasteiger partial charge >= 0.3 is 0 Å². The van der Waals surface area contributed by atoms with Crippen molar-refractivity contribution < 1.29 is 5.11 Å². The van der Waals surface area contributed by atoms with Crippen LogP contribution in [-0.4, -0.2) is 23.8 Å². The first-order valence-electron chi connectivity index (χ1n) is 7.21. The van der Waals surface area contributed by atoms with Crippen LogP contribution in [0.25, 0.3) is 0 Å². The highest BCUT2D eigenvalue weighted by Gasteiger charge is 2.26. The van der Waals surface area contributed by atoms with E-state index in [1.807, 2.05) is 0 Å². The Labute approximate surface area is 99.8 Å². The molecular weight excluding hydrogens is 198 g/mol. The predicted octanol–water partition coefficient (Wildman–Crippen LogP) is 2.71. The summed E-state index contributed by atoms with van der Waals surface area (Å²) in [6.45, 7) is 3.51. The maximum Gasteiger partial charge on any atom is 0.0540 e. The molecule has 2 atom stereocenters. The van der Waals surface area contributed by atoms with E-state index in [9.17, 15) is 5.11 Å². The van der Waals surface area contributed by atoms with Gasteiger partial charge in [-0.2, -0.15) is 0 Å². The predicted molar refractivity (Wildman–Crippen MR) is 67.4 cm³/mol. The normalized spacial score (nSPS) is 40.1. The van der Waals surface area contributed by atoms with Crippen LogP contribution >= 0.6 is 0 Å². The van der Waals surface area contributed by atoms with Crippen molar-refractivity contribution in [3.63, 3.8) is 0 Å². The van der Waals surface area contributed by atoms with Crippen molar-refractivity contribution in [1.29, 1.82) is 0 Å². The standard InChI is InChI=1S/C14H27NO/c1-2-12-4-3-5-14(12)15-10-11-6-8-13(16)9-7-11/h11-16H,2-10H2,1H3. The molecule has 2 heteroatoms. The maximum atomic E-state index is 9.47. The largest absolute Gasteiger partial charge is 0.393 e. The molecular formula is C14H27NO. The highest BCUT2D eigenvalue weighted by Crippen LogP contribution is 2.29. The first-order chi connectivity index (χ1) is 7.79. The molecule has 0 aromatic heterocycles. The molecule has 2 rings (SSSR count). The molecule has 0 aromatic carbocycles. The van der Waals surface area contributed by atoms with Gasteiger partial charge in [-0.25, -0.2) is 0 Å². The molecule has 0 bridgehead atoms. The molecule has 0 heterocycles. The number of hydrogen-bond donors (Lipinski definition) is 2. The van der Waals surface area contributed by atoms with Gasteiger partial charge < -0.3 is 10.4 Å². The van der Waals surface area contributed by atoms with Crippen LogP contribution in [0.4, 0.5) is 0 Å². The summed E-state index contributed by atoms with van der Waals surface area (Å²) in [7, 11) is 0. The fourth-order valence-electron chi connectivity index (χ4n) is 3.46. The average Bonchev–Trinajstić information content (AvgIpc) is 2.76. The Morgan fingerprint density at radius 3 is 2.50 bits per heavy atom. The van der Waals surface area contributed by atoms with Gasteiger partial charge in [0, 0.05) is 6.04 Å². The topological polar surface area (TPSA) is 32.3 Å². The summed E-state index contributed by atoms with van der Waals surface area (Å²) >= 11 is 0. The zero-order chi connectivity index (χ0) is 11.4. The van der Waals surface area contributed by atoms with E-state index in [-0.39, 0.29) is 6.10 Å². The first kappa shape index (κ1) is 12.4. The van der Waals surface area contributed by atoms with Crippen molar-refractivity contribution in [2.24, 2.45) is 11.8 Å². The second-order valence-electron chi connectivity index (χ2n) is 5.79. The lowest BCUT2D eigenvalue weighted by atomic mass is 9.87. The highest BCUT2D eigenvalue weighted by atomic mass is 16.3. The van der Waals surface area contributed by atoms with Crippen molar-refractivity contribution >= 4 is 0 Å². The second-order valence-corrected chi connectivity index (χ2v) is 5.79. The second kappa shape index (κ2) is 6.02. The highest BCUT2D eigenvalue weighted by molar-refractivity contribution is 4.83. The molecule has 2 saturated carbocycles. The van der Waals surface area contributed by atoms with E-state index in [4.69, 9.17) is 0 Å². The van der Waals surface area contributed by atoms with Crippen LogP contribution in [-0.2, 0) is 0 Å². The van der Waals surface area contributed by atoms with Crippen LogP contribution in [0.5, 0.6) is 0 Å². The molecule has 0 spiro atoms. The van der Waals surface area contributed by atoms with Gasteiger partial charge in [0.25, 0.3) is 0 Å². The molecule has 16 heavy (non-hydrogen) atoms. The zero-order valence-corrected chi connectivity index (χ0v) is 10.6. The number of aliphatic hydroxyl groups excluding tert-OH is 1. The van der Waals surface area contributed by atoms with Crippen LogP contribution in [0, 0.1) is 11.8 Å². The Kier molecular flexibility index (Phi) is 4.66. The minimum Gasteiger partial charge on any atom is -0.393 e. The van der Waals surface area contributed by atoms with Gasteiger partial charge in [0.1, 0.15) is 0 Å². The molecule has 2 aliphatic rings. The lowest BCUT2D eigenvalue weighted by Gasteiger charge is -2.28. The van der Waals surface area contributed by atoms with Crippen molar-refractivity contribution in [3.05, 3.63) is 0 Å². The van der Waals surface area contributed by atoms with E-state index in [0.717, 1.165) is 30.7 Å². The van der Waals surface area contributed by atoms with Gasteiger partial charge in [0.15, 0.2) is 0 Å². The third-order valence-electron chi connectivity index (χ3n) is 4.67. The molecule has 0 aliphatic heterocycles. The summed E-state index contributed by atoms with van der Waals surface area (Å²) in [4.78, 5) is 0. The monoisotopic (exact) mass is 225 g/mol. The Bertz CT molecular complexity index is 199. The van der Waals surface area contributed by atoms with Gasteiger partial charge in [0.05, 0.1) is 6.10 Å². The SMILES string of the molecule is CCC1CCCC1NCC1CCC(O)CC1. The summed E-state index contributed by atoms with van der Waals surface area (Å²) in [5, 5.41) is 13.3. The lowest BCUT2D eigenvalue weighted by molar-refractivity contribution is 0.107. The van der Waals surface area contributed by atoms with Crippen LogP contribution < -0.4 is 5.32 Å². The molecule has 2 unspecified atom stereocenters. The first-order valence-corrected chi connectivity index (χ1v) is 7.21. The van der Waals surface area contributed by atoms with Gasteiger partial charge in [0.2, 0.25) is 0 Å². The van der Waals surface area contributed by atoms with Crippen LogP contribution in [0.1, 0.15) is 58.3 Å². The molecule has 2 fully saturated rings. The van der Waals surface area contributed by atoms with Crippen LogP contribution in [0.15, 0.2) is 0 Å². The van der Waals surface area contributed by atoms with Crippen molar-refractivity contribution in [3.8, 4) is 0 Å². The Morgan fingerprint density at radius 1 is 1.06 bits per heavy atom. The van der Waals surface area contributed by atoms with E-state index < -0.39 is 0 Å². The fraction of sp³-hybridized carbons (Fsp3) is 1.00. The van der Waals surface area contributed by atoms with Crippen molar-refractivity contribution in [1.82, 2.24) is 5.32 Å². The van der Waals surface area contributed by atoms with Gasteiger partial charge in [-0.1, -0.05) is 19.8 Å². The smallest absolute Gasteiger partial charge is 0.0540 e. The summed E-state index contributed by atoms with van der Waals surface area (Å²) in [6, 6.07) is 0.789. The number of rotatable bonds is 4. The minimum absolute atomic E-state index is 0.00822. The Morgan fingerprint density at radius 2 is 1.81 bits per heavy atom. The van der Waals surface area contributed by atoms with E-state index in [1.165, 1.54) is 45.1 Å². The number of nitrogens with one attached hydrogen (secondary N) is 1. The van der Waals surface area contributed by atoms with E-state index >= 15 is 0 Å². The number of aliphatic hydroxyl groups is 1. The summed E-state index contributed by atoms with van der Waals surface area (Å²) in [5.74, 6) is 1.75. The van der Waals surface area contributed by atoms with Gasteiger partial charge in [-0.05, 0) is 56.9 Å². The van der Waals surface area contributed by atoms with E-state index in [0.29, 0.717) is 0 Å².